The van der Waals surface area contributed by atoms with Gasteiger partial charge in [-0.2, -0.15) is 0 Å². The SMILES string of the molecule is COCC(CO)NC(=O)CCNC(=O)c1cccs1. The second-order valence-corrected chi connectivity index (χ2v) is 4.83. The van der Waals surface area contributed by atoms with Crippen LogP contribution >= 0.6 is 11.3 Å². The van der Waals surface area contributed by atoms with Crippen molar-refractivity contribution in [2.45, 2.75) is 12.5 Å². The smallest absolute Gasteiger partial charge is 0.261 e. The Morgan fingerprint density at radius 1 is 1.53 bits per heavy atom. The van der Waals surface area contributed by atoms with Gasteiger partial charge in [0.05, 0.1) is 24.1 Å². The van der Waals surface area contributed by atoms with Gasteiger partial charge >= 0.3 is 0 Å². The molecule has 2 amide bonds. The van der Waals surface area contributed by atoms with E-state index < -0.39 is 6.04 Å². The normalized spacial score (nSPS) is 11.9. The number of aliphatic hydroxyl groups is 1. The number of rotatable bonds is 8. The van der Waals surface area contributed by atoms with Crippen molar-refractivity contribution in [2.24, 2.45) is 0 Å². The van der Waals surface area contributed by atoms with Gasteiger partial charge in [-0.05, 0) is 11.4 Å². The van der Waals surface area contributed by atoms with E-state index in [1.807, 2.05) is 5.38 Å². The molecule has 0 fully saturated rings. The van der Waals surface area contributed by atoms with Crippen molar-refractivity contribution in [3.8, 4) is 0 Å². The van der Waals surface area contributed by atoms with Crippen LogP contribution in [-0.2, 0) is 9.53 Å². The lowest BCUT2D eigenvalue weighted by atomic mass is 10.3. The molecule has 1 aromatic heterocycles. The zero-order chi connectivity index (χ0) is 14.1. The lowest BCUT2D eigenvalue weighted by Crippen LogP contribution is -2.41. The molecule has 0 saturated carbocycles. The lowest BCUT2D eigenvalue weighted by Gasteiger charge is -2.15. The molecule has 1 atom stereocenters. The van der Waals surface area contributed by atoms with Crippen LogP contribution < -0.4 is 10.6 Å². The minimum absolute atomic E-state index is 0.164. The maximum atomic E-state index is 11.6. The minimum atomic E-state index is -0.412. The van der Waals surface area contributed by atoms with E-state index in [-0.39, 0.29) is 38.0 Å². The highest BCUT2D eigenvalue weighted by atomic mass is 32.1. The van der Waals surface area contributed by atoms with Crippen molar-refractivity contribution in [1.82, 2.24) is 10.6 Å². The molecule has 7 heteroatoms. The van der Waals surface area contributed by atoms with Crippen LogP contribution in [0.4, 0.5) is 0 Å². The van der Waals surface area contributed by atoms with Crippen LogP contribution in [0, 0.1) is 0 Å². The number of hydrogen-bond donors (Lipinski definition) is 3. The molecule has 19 heavy (non-hydrogen) atoms. The Bertz CT molecular complexity index is 394. The molecule has 0 aromatic carbocycles. The molecule has 3 N–H and O–H groups in total. The summed E-state index contributed by atoms with van der Waals surface area (Å²) in [7, 11) is 1.50. The predicted octanol–water partition coefficient (Wildman–Crippen LogP) is -0.00850. The number of carbonyl (C=O) groups excluding carboxylic acids is 2. The largest absolute Gasteiger partial charge is 0.394 e. The Hall–Kier alpha value is -1.44. The van der Waals surface area contributed by atoms with Crippen molar-refractivity contribution in [3.63, 3.8) is 0 Å². The Labute approximate surface area is 115 Å². The highest BCUT2D eigenvalue weighted by Crippen LogP contribution is 2.07. The van der Waals surface area contributed by atoms with E-state index in [0.29, 0.717) is 4.88 Å². The van der Waals surface area contributed by atoms with Gasteiger partial charge in [-0.15, -0.1) is 11.3 Å². The van der Waals surface area contributed by atoms with E-state index in [4.69, 9.17) is 9.84 Å². The van der Waals surface area contributed by atoms with Crippen LogP contribution in [0.15, 0.2) is 17.5 Å². The van der Waals surface area contributed by atoms with Crippen LogP contribution in [0.3, 0.4) is 0 Å². The van der Waals surface area contributed by atoms with Gasteiger partial charge in [0.25, 0.3) is 5.91 Å². The lowest BCUT2D eigenvalue weighted by molar-refractivity contribution is -0.122. The average molecular weight is 286 g/mol. The van der Waals surface area contributed by atoms with E-state index in [0.717, 1.165) is 0 Å². The standard InChI is InChI=1S/C12H18N2O4S/c1-18-8-9(7-15)14-11(16)4-5-13-12(17)10-3-2-6-19-10/h2-3,6,9,15H,4-5,7-8H2,1H3,(H,13,17)(H,14,16). The van der Waals surface area contributed by atoms with Crippen LogP contribution in [0.25, 0.3) is 0 Å². The summed E-state index contributed by atoms with van der Waals surface area (Å²) >= 11 is 1.35. The zero-order valence-electron chi connectivity index (χ0n) is 10.7. The fourth-order valence-electron chi connectivity index (χ4n) is 1.43. The molecule has 0 saturated heterocycles. The number of thiophene rings is 1. The molecule has 0 aliphatic carbocycles. The Kier molecular flexibility index (Phi) is 7.09. The molecular weight excluding hydrogens is 268 g/mol. The molecule has 106 valence electrons. The van der Waals surface area contributed by atoms with Crippen molar-refractivity contribution < 1.29 is 19.4 Å². The van der Waals surface area contributed by atoms with E-state index >= 15 is 0 Å². The van der Waals surface area contributed by atoms with Gasteiger partial charge in [-0.3, -0.25) is 9.59 Å². The van der Waals surface area contributed by atoms with Crippen LogP contribution in [0.1, 0.15) is 16.1 Å². The third-order valence-corrected chi connectivity index (χ3v) is 3.20. The fraction of sp³-hybridized carbons (Fsp3) is 0.500. The van der Waals surface area contributed by atoms with Gasteiger partial charge in [0, 0.05) is 20.1 Å². The predicted molar refractivity (Wildman–Crippen MR) is 72.2 cm³/mol. The molecule has 0 aliphatic rings. The minimum Gasteiger partial charge on any atom is -0.394 e. The molecule has 0 radical (unpaired) electrons. The molecule has 1 rings (SSSR count). The van der Waals surface area contributed by atoms with Crippen molar-refractivity contribution >= 4 is 23.2 Å². The quantitative estimate of drug-likeness (QED) is 0.627. The van der Waals surface area contributed by atoms with Crippen molar-refractivity contribution in [1.29, 1.82) is 0 Å². The summed E-state index contributed by atoms with van der Waals surface area (Å²) in [6.45, 7) is 0.332. The second kappa shape index (κ2) is 8.63. The number of methoxy groups -OCH3 is 1. The number of carbonyl (C=O) groups is 2. The summed E-state index contributed by atoms with van der Waals surface area (Å²) in [6.07, 6.45) is 0.164. The summed E-state index contributed by atoms with van der Waals surface area (Å²) in [5.41, 5.74) is 0. The topological polar surface area (TPSA) is 87.7 Å². The van der Waals surface area contributed by atoms with Crippen LogP contribution in [-0.4, -0.2) is 49.8 Å². The number of amides is 2. The third kappa shape index (κ3) is 5.82. The number of ether oxygens (including phenoxy) is 1. The van der Waals surface area contributed by atoms with Gasteiger partial charge in [0.1, 0.15) is 0 Å². The fourth-order valence-corrected chi connectivity index (χ4v) is 2.07. The monoisotopic (exact) mass is 286 g/mol. The van der Waals surface area contributed by atoms with Crippen molar-refractivity contribution in [2.75, 3.05) is 26.9 Å². The van der Waals surface area contributed by atoms with Gasteiger partial charge in [0.15, 0.2) is 0 Å². The Balaban J connectivity index is 2.21. The van der Waals surface area contributed by atoms with Gasteiger partial charge in [0.2, 0.25) is 5.91 Å². The van der Waals surface area contributed by atoms with Gasteiger partial charge in [-0.1, -0.05) is 6.07 Å². The average Bonchev–Trinajstić information content (AvgIpc) is 2.92. The number of hydrogen-bond acceptors (Lipinski definition) is 5. The molecule has 1 heterocycles. The first-order chi connectivity index (χ1) is 9.17. The van der Waals surface area contributed by atoms with E-state index in [1.54, 1.807) is 12.1 Å². The summed E-state index contributed by atoms with van der Waals surface area (Å²) in [4.78, 5) is 23.7. The molecule has 0 aliphatic heterocycles. The summed E-state index contributed by atoms with van der Waals surface area (Å²) in [5, 5.41) is 16.1. The molecular formula is C12H18N2O4S. The molecule has 0 bridgehead atoms. The van der Waals surface area contributed by atoms with Gasteiger partial charge in [-0.25, -0.2) is 0 Å². The highest BCUT2D eigenvalue weighted by Gasteiger charge is 2.11. The highest BCUT2D eigenvalue weighted by molar-refractivity contribution is 7.12. The van der Waals surface area contributed by atoms with Crippen molar-refractivity contribution in [3.05, 3.63) is 22.4 Å². The Morgan fingerprint density at radius 2 is 2.32 bits per heavy atom. The van der Waals surface area contributed by atoms with Gasteiger partial charge < -0.3 is 20.5 Å². The summed E-state index contributed by atoms with van der Waals surface area (Å²) < 4.78 is 4.84. The molecule has 1 unspecified atom stereocenters. The maximum absolute atomic E-state index is 11.6. The molecule has 6 nitrogen and oxygen atoms in total. The van der Waals surface area contributed by atoms with Crippen LogP contribution in [0.2, 0.25) is 0 Å². The van der Waals surface area contributed by atoms with E-state index in [1.165, 1.54) is 18.4 Å². The molecule has 0 spiro atoms. The number of aliphatic hydroxyl groups excluding tert-OH is 1. The van der Waals surface area contributed by atoms with E-state index in [9.17, 15) is 9.59 Å². The first-order valence-corrected chi connectivity index (χ1v) is 6.76. The summed E-state index contributed by atoms with van der Waals surface area (Å²) in [6, 6.07) is 3.11. The first kappa shape index (κ1) is 15.6. The third-order valence-electron chi connectivity index (χ3n) is 2.34. The van der Waals surface area contributed by atoms with E-state index in [2.05, 4.69) is 10.6 Å². The zero-order valence-corrected chi connectivity index (χ0v) is 11.5. The second-order valence-electron chi connectivity index (χ2n) is 3.89. The molecule has 1 aromatic rings. The van der Waals surface area contributed by atoms with Crippen LogP contribution in [0.5, 0.6) is 0 Å². The summed E-state index contributed by atoms with van der Waals surface area (Å²) in [5.74, 6) is -0.416. The number of nitrogens with one attached hydrogen (secondary N) is 2. The Morgan fingerprint density at radius 3 is 2.89 bits per heavy atom. The first-order valence-electron chi connectivity index (χ1n) is 5.88. The maximum Gasteiger partial charge on any atom is 0.261 e.